The number of rotatable bonds is 5. The molecule has 2 heterocycles. The molecule has 1 N–H and O–H groups in total. The zero-order chi connectivity index (χ0) is 17.9. The molecule has 0 amide bonds. The Labute approximate surface area is 168 Å². The van der Waals surface area contributed by atoms with Crippen molar-refractivity contribution in [3.8, 4) is 0 Å². The van der Waals surface area contributed by atoms with Gasteiger partial charge in [0.2, 0.25) is 0 Å². The van der Waals surface area contributed by atoms with Crippen LogP contribution in [0.25, 0.3) is 0 Å². The molecule has 0 bridgehead atoms. The molecule has 25 heavy (non-hydrogen) atoms. The van der Waals surface area contributed by atoms with E-state index in [9.17, 15) is 8.42 Å². The monoisotopic (exact) mass is 483 g/mol. The summed E-state index contributed by atoms with van der Waals surface area (Å²) in [6.45, 7) is 5.63. The summed E-state index contributed by atoms with van der Waals surface area (Å²) in [5.74, 6) is 1.90. The van der Waals surface area contributed by atoms with E-state index in [4.69, 9.17) is 0 Å². The van der Waals surface area contributed by atoms with Gasteiger partial charge in [0, 0.05) is 46.0 Å². The Morgan fingerprint density at radius 3 is 2.72 bits per heavy atom. The van der Waals surface area contributed by atoms with Gasteiger partial charge in [0.25, 0.3) is 0 Å². The highest BCUT2D eigenvalue weighted by Gasteiger charge is 2.28. The smallest absolute Gasteiger partial charge is 0.193 e. The summed E-state index contributed by atoms with van der Waals surface area (Å²) < 4.78 is 25.0. The number of aryl methyl sites for hydroxylation is 1. The Morgan fingerprint density at radius 2 is 2.20 bits per heavy atom. The van der Waals surface area contributed by atoms with Crippen molar-refractivity contribution in [3.63, 3.8) is 0 Å². The van der Waals surface area contributed by atoms with E-state index in [0.717, 1.165) is 18.1 Å². The Balaban J connectivity index is 0.00000312. The van der Waals surface area contributed by atoms with Crippen LogP contribution in [0.15, 0.2) is 11.2 Å². The van der Waals surface area contributed by atoms with Crippen LogP contribution in [0.1, 0.15) is 37.4 Å². The summed E-state index contributed by atoms with van der Waals surface area (Å²) in [6, 6.07) is 0. The van der Waals surface area contributed by atoms with Gasteiger partial charge in [-0.25, -0.2) is 8.42 Å². The molecule has 0 saturated carbocycles. The van der Waals surface area contributed by atoms with Crippen LogP contribution < -0.4 is 5.32 Å². The van der Waals surface area contributed by atoms with Gasteiger partial charge >= 0.3 is 0 Å². The van der Waals surface area contributed by atoms with Crippen molar-refractivity contribution in [3.05, 3.63) is 17.5 Å². The maximum absolute atomic E-state index is 11.6. The summed E-state index contributed by atoms with van der Waals surface area (Å²) >= 11 is 0. The lowest BCUT2D eigenvalue weighted by Gasteiger charge is -2.23. The largest absolute Gasteiger partial charge is 0.356 e. The molecule has 1 aliphatic rings. The van der Waals surface area contributed by atoms with Crippen LogP contribution in [-0.4, -0.2) is 61.2 Å². The van der Waals surface area contributed by atoms with E-state index in [-0.39, 0.29) is 35.6 Å². The Bertz CT molecular complexity index is 699. The zero-order valence-corrected chi connectivity index (χ0v) is 18.8. The highest BCUT2D eigenvalue weighted by atomic mass is 127. The SMILES string of the molecule is CN=C(NCC1CCS(=O)(=O)C1)N(C)Cc1cn(C)nc1C(C)C.I. The number of nitrogens with zero attached hydrogens (tertiary/aromatic N) is 4. The first-order valence-electron chi connectivity index (χ1n) is 8.36. The second-order valence-electron chi connectivity index (χ2n) is 6.92. The molecule has 1 saturated heterocycles. The number of aromatic nitrogens is 2. The molecular formula is C16H30IN5O2S. The first kappa shape index (κ1) is 22.2. The van der Waals surface area contributed by atoms with E-state index in [0.29, 0.717) is 24.8 Å². The third kappa shape index (κ3) is 6.12. The van der Waals surface area contributed by atoms with Gasteiger partial charge in [0.1, 0.15) is 0 Å². The lowest BCUT2D eigenvalue weighted by Crippen LogP contribution is -2.41. The topological polar surface area (TPSA) is 79.6 Å². The highest BCUT2D eigenvalue weighted by Crippen LogP contribution is 2.19. The number of hydrogen-bond donors (Lipinski definition) is 1. The number of guanidine groups is 1. The van der Waals surface area contributed by atoms with Gasteiger partial charge in [-0.05, 0) is 18.3 Å². The predicted octanol–water partition coefficient (Wildman–Crippen LogP) is 1.60. The van der Waals surface area contributed by atoms with Crippen molar-refractivity contribution in [1.29, 1.82) is 0 Å². The Morgan fingerprint density at radius 1 is 1.52 bits per heavy atom. The summed E-state index contributed by atoms with van der Waals surface area (Å²) in [7, 11) is 2.83. The van der Waals surface area contributed by atoms with E-state index in [1.165, 1.54) is 5.56 Å². The number of hydrogen-bond acceptors (Lipinski definition) is 4. The van der Waals surface area contributed by atoms with Crippen LogP contribution in [0.3, 0.4) is 0 Å². The Kier molecular flexibility index (Phi) is 8.17. The van der Waals surface area contributed by atoms with Crippen LogP contribution in [0.2, 0.25) is 0 Å². The summed E-state index contributed by atoms with van der Waals surface area (Å²) in [6.07, 6.45) is 2.78. The fourth-order valence-electron chi connectivity index (χ4n) is 3.15. The molecule has 1 fully saturated rings. The first-order chi connectivity index (χ1) is 11.2. The number of aliphatic imine (C=N–C) groups is 1. The van der Waals surface area contributed by atoms with Gasteiger partial charge in [-0.3, -0.25) is 9.67 Å². The molecule has 0 aliphatic carbocycles. The molecule has 1 aromatic heterocycles. The van der Waals surface area contributed by atoms with Crippen molar-refractivity contribution in [2.24, 2.45) is 18.0 Å². The first-order valence-corrected chi connectivity index (χ1v) is 10.2. The van der Waals surface area contributed by atoms with Gasteiger partial charge in [0.05, 0.1) is 17.2 Å². The number of sulfone groups is 1. The normalized spacial score (nSPS) is 19.8. The molecule has 2 rings (SSSR count). The molecule has 144 valence electrons. The predicted molar refractivity (Wildman–Crippen MR) is 112 cm³/mol. The molecular weight excluding hydrogens is 453 g/mol. The molecule has 7 nitrogen and oxygen atoms in total. The van der Waals surface area contributed by atoms with Crippen molar-refractivity contribution in [1.82, 2.24) is 20.0 Å². The molecule has 0 aromatic carbocycles. The van der Waals surface area contributed by atoms with E-state index in [1.54, 1.807) is 7.05 Å². The maximum Gasteiger partial charge on any atom is 0.193 e. The van der Waals surface area contributed by atoms with Gasteiger partial charge in [0.15, 0.2) is 15.8 Å². The second-order valence-corrected chi connectivity index (χ2v) is 9.15. The van der Waals surface area contributed by atoms with Crippen LogP contribution in [0.4, 0.5) is 0 Å². The minimum Gasteiger partial charge on any atom is -0.356 e. The molecule has 0 radical (unpaired) electrons. The fourth-order valence-corrected chi connectivity index (χ4v) is 5.01. The van der Waals surface area contributed by atoms with E-state index in [1.807, 2.05) is 29.9 Å². The molecule has 1 atom stereocenters. The fraction of sp³-hybridized carbons (Fsp3) is 0.750. The quantitative estimate of drug-likeness (QED) is 0.391. The molecule has 9 heteroatoms. The molecule has 1 unspecified atom stereocenters. The van der Waals surface area contributed by atoms with Crippen molar-refractivity contribution in [2.45, 2.75) is 32.7 Å². The Hall–Kier alpha value is -0.840. The number of halogens is 1. The van der Waals surface area contributed by atoms with Crippen molar-refractivity contribution < 1.29 is 8.42 Å². The van der Waals surface area contributed by atoms with Gasteiger partial charge in [-0.15, -0.1) is 24.0 Å². The molecule has 1 aliphatic heterocycles. The summed E-state index contributed by atoms with van der Waals surface area (Å²) in [5.41, 5.74) is 2.28. The van der Waals surface area contributed by atoms with E-state index < -0.39 is 9.84 Å². The van der Waals surface area contributed by atoms with Crippen molar-refractivity contribution in [2.75, 3.05) is 32.1 Å². The third-order valence-electron chi connectivity index (χ3n) is 4.34. The molecule has 1 aromatic rings. The lowest BCUT2D eigenvalue weighted by atomic mass is 10.1. The van der Waals surface area contributed by atoms with Crippen LogP contribution in [0, 0.1) is 5.92 Å². The summed E-state index contributed by atoms with van der Waals surface area (Å²) in [4.78, 5) is 6.37. The summed E-state index contributed by atoms with van der Waals surface area (Å²) in [5, 5.41) is 7.85. The van der Waals surface area contributed by atoms with Crippen molar-refractivity contribution >= 4 is 39.8 Å². The van der Waals surface area contributed by atoms with Gasteiger partial charge < -0.3 is 10.2 Å². The van der Waals surface area contributed by atoms with Crippen LogP contribution >= 0.6 is 24.0 Å². The highest BCUT2D eigenvalue weighted by molar-refractivity contribution is 14.0. The van der Waals surface area contributed by atoms with Crippen LogP contribution in [0.5, 0.6) is 0 Å². The van der Waals surface area contributed by atoms with E-state index in [2.05, 4.69) is 29.3 Å². The molecule has 0 spiro atoms. The standard InChI is InChI=1S/C16H29N5O2S.HI/c1-12(2)15-14(10-21(5)19-15)9-20(4)16(17-3)18-8-13-6-7-24(22,23)11-13;/h10,12-13H,6-9,11H2,1-5H3,(H,17,18);1H. The zero-order valence-electron chi connectivity index (χ0n) is 15.7. The van der Waals surface area contributed by atoms with E-state index >= 15 is 0 Å². The minimum absolute atomic E-state index is 0. The average Bonchev–Trinajstić information content (AvgIpc) is 3.02. The lowest BCUT2D eigenvalue weighted by molar-refractivity contribution is 0.461. The van der Waals surface area contributed by atoms with Gasteiger partial charge in [-0.1, -0.05) is 13.8 Å². The minimum atomic E-state index is -2.84. The number of nitrogens with one attached hydrogen (secondary N) is 1. The maximum atomic E-state index is 11.6. The third-order valence-corrected chi connectivity index (χ3v) is 6.18. The second kappa shape index (κ2) is 9.20. The average molecular weight is 483 g/mol. The van der Waals surface area contributed by atoms with Crippen LogP contribution in [-0.2, 0) is 23.4 Å². The van der Waals surface area contributed by atoms with Gasteiger partial charge in [-0.2, -0.15) is 5.10 Å².